The molecule has 0 saturated heterocycles. The van der Waals surface area contributed by atoms with E-state index in [9.17, 15) is 5.11 Å². The van der Waals surface area contributed by atoms with E-state index in [1.165, 1.54) is 27.8 Å². The standard InChI is InChI=1S/C26H34O3/c1-16-7-9-19(10-8-16)14-20-15-23(22-12-17(2)13-24(27)18(22)3)25(28-4)26-21(20)6-5-11-29-26/h7-10,15,17-18,22,24,27H,5-6,11-14H2,1-4H3. The quantitative estimate of drug-likeness (QED) is 0.751. The van der Waals surface area contributed by atoms with Crippen LogP contribution in [-0.2, 0) is 12.8 Å². The average Bonchev–Trinajstić information content (AvgIpc) is 2.72. The number of rotatable bonds is 4. The largest absolute Gasteiger partial charge is 0.493 e. The Morgan fingerprint density at radius 1 is 1.14 bits per heavy atom. The topological polar surface area (TPSA) is 38.7 Å². The smallest absolute Gasteiger partial charge is 0.164 e. The molecular weight excluding hydrogens is 360 g/mol. The van der Waals surface area contributed by atoms with Crippen molar-refractivity contribution >= 4 is 0 Å². The highest BCUT2D eigenvalue weighted by molar-refractivity contribution is 5.58. The summed E-state index contributed by atoms with van der Waals surface area (Å²) in [7, 11) is 1.75. The highest BCUT2D eigenvalue weighted by atomic mass is 16.5. The van der Waals surface area contributed by atoms with E-state index in [0.717, 1.165) is 50.2 Å². The summed E-state index contributed by atoms with van der Waals surface area (Å²) in [5.41, 5.74) is 6.47. The molecule has 2 aromatic carbocycles. The minimum atomic E-state index is -0.258. The summed E-state index contributed by atoms with van der Waals surface area (Å²) in [5, 5.41) is 10.6. The molecule has 1 heterocycles. The van der Waals surface area contributed by atoms with Crippen LogP contribution in [0.1, 0.15) is 66.8 Å². The third kappa shape index (κ3) is 4.02. The maximum absolute atomic E-state index is 10.6. The van der Waals surface area contributed by atoms with E-state index >= 15 is 0 Å². The Morgan fingerprint density at radius 3 is 2.62 bits per heavy atom. The highest BCUT2D eigenvalue weighted by Gasteiger charge is 2.36. The van der Waals surface area contributed by atoms with Crippen LogP contribution >= 0.6 is 0 Å². The van der Waals surface area contributed by atoms with Crippen molar-refractivity contribution in [2.45, 2.75) is 64.9 Å². The van der Waals surface area contributed by atoms with Crippen molar-refractivity contribution in [1.29, 1.82) is 0 Å². The summed E-state index contributed by atoms with van der Waals surface area (Å²) in [6.45, 7) is 7.30. The first-order valence-corrected chi connectivity index (χ1v) is 11.1. The molecule has 4 unspecified atom stereocenters. The van der Waals surface area contributed by atoms with Gasteiger partial charge in [-0.05, 0) is 67.9 Å². The molecule has 1 saturated carbocycles. The molecule has 0 spiro atoms. The fourth-order valence-electron chi connectivity index (χ4n) is 5.22. The first-order valence-electron chi connectivity index (χ1n) is 11.1. The van der Waals surface area contributed by atoms with Gasteiger partial charge < -0.3 is 14.6 Å². The molecule has 1 N–H and O–H groups in total. The number of benzene rings is 2. The van der Waals surface area contributed by atoms with Crippen molar-refractivity contribution in [3.63, 3.8) is 0 Å². The lowest BCUT2D eigenvalue weighted by molar-refractivity contribution is 0.0425. The Labute approximate surface area is 175 Å². The minimum Gasteiger partial charge on any atom is -0.493 e. The van der Waals surface area contributed by atoms with Crippen LogP contribution < -0.4 is 9.47 Å². The number of methoxy groups -OCH3 is 1. The predicted molar refractivity (Wildman–Crippen MR) is 117 cm³/mol. The van der Waals surface area contributed by atoms with Gasteiger partial charge in [-0.25, -0.2) is 0 Å². The zero-order chi connectivity index (χ0) is 20.5. The van der Waals surface area contributed by atoms with Crippen LogP contribution in [0, 0.1) is 18.8 Å². The zero-order valence-electron chi connectivity index (χ0n) is 18.2. The minimum absolute atomic E-state index is 0.217. The molecule has 0 bridgehead atoms. The maximum atomic E-state index is 10.6. The average molecular weight is 395 g/mol. The normalized spacial score (nSPS) is 26.5. The summed E-state index contributed by atoms with van der Waals surface area (Å²) in [4.78, 5) is 0. The van der Waals surface area contributed by atoms with Crippen molar-refractivity contribution in [2.75, 3.05) is 13.7 Å². The van der Waals surface area contributed by atoms with E-state index in [-0.39, 0.29) is 17.9 Å². The number of aliphatic hydroxyl groups is 1. The molecule has 2 aliphatic rings. The lowest BCUT2D eigenvalue weighted by Crippen LogP contribution is -2.33. The first-order chi connectivity index (χ1) is 14.0. The van der Waals surface area contributed by atoms with Crippen molar-refractivity contribution in [1.82, 2.24) is 0 Å². The van der Waals surface area contributed by atoms with Crippen molar-refractivity contribution in [3.05, 3.63) is 58.1 Å². The predicted octanol–water partition coefficient (Wildman–Crippen LogP) is 5.43. The van der Waals surface area contributed by atoms with Gasteiger partial charge in [0.1, 0.15) is 0 Å². The van der Waals surface area contributed by atoms with Crippen LogP contribution in [0.3, 0.4) is 0 Å². The molecule has 156 valence electrons. The van der Waals surface area contributed by atoms with Crippen molar-refractivity contribution < 1.29 is 14.6 Å². The lowest BCUT2D eigenvalue weighted by Gasteiger charge is -2.38. The van der Waals surface area contributed by atoms with Gasteiger partial charge in [0, 0.05) is 11.1 Å². The SMILES string of the molecule is COc1c(C2CC(C)CC(O)C2C)cc(Cc2ccc(C)cc2)c2c1OCCC2. The molecule has 2 aromatic rings. The van der Waals surface area contributed by atoms with E-state index < -0.39 is 0 Å². The van der Waals surface area contributed by atoms with Crippen LogP contribution in [0.15, 0.2) is 30.3 Å². The van der Waals surface area contributed by atoms with Crippen molar-refractivity contribution in [3.8, 4) is 11.5 Å². The second-order valence-corrected chi connectivity index (χ2v) is 9.19. The van der Waals surface area contributed by atoms with E-state index in [4.69, 9.17) is 9.47 Å². The van der Waals surface area contributed by atoms with Gasteiger partial charge in [-0.2, -0.15) is 0 Å². The molecule has 1 aliphatic carbocycles. The molecule has 4 rings (SSSR count). The summed E-state index contributed by atoms with van der Waals surface area (Å²) >= 11 is 0. The summed E-state index contributed by atoms with van der Waals surface area (Å²) < 4.78 is 12.1. The number of ether oxygens (including phenoxy) is 2. The molecule has 3 nitrogen and oxygen atoms in total. The van der Waals surface area contributed by atoms with Crippen LogP contribution in [0.5, 0.6) is 11.5 Å². The Bertz CT molecular complexity index is 855. The highest BCUT2D eigenvalue weighted by Crippen LogP contribution is 2.49. The fourth-order valence-corrected chi connectivity index (χ4v) is 5.22. The van der Waals surface area contributed by atoms with Gasteiger partial charge in [0.25, 0.3) is 0 Å². The number of aryl methyl sites for hydroxylation is 1. The Hall–Kier alpha value is -2.00. The molecule has 1 fully saturated rings. The van der Waals surface area contributed by atoms with Crippen LogP contribution in [0.25, 0.3) is 0 Å². The van der Waals surface area contributed by atoms with E-state index in [1.807, 2.05) is 0 Å². The molecule has 1 aliphatic heterocycles. The number of hydrogen-bond donors (Lipinski definition) is 1. The summed E-state index contributed by atoms with van der Waals surface area (Å²) in [6.07, 6.45) is 4.70. The molecule has 4 atom stereocenters. The Morgan fingerprint density at radius 2 is 1.90 bits per heavy atom. The molecule has 0 aromatic heterocycles. The van der Waals surface area contributed by atoms with E-state index in [1.54, 1.807) is 7.11 Å². The Kier molecular flexibility index (Phi) is 5.87. The zero-order valence-corrected chi connectivity index (χ0v) is 18.2. The number of fused-ring (bicyclic) bond motifs is 1. The van der Waals surface area contributed by atoms with Crippen molar-refractivity contribution in [2.24, 2.45) is 11.8 Å². The third-order valence-electron chi connectivity index (χ3n) is 6.94. The first kappa shape index (κ1) is 20.3. The van der Waals surface area contributed by atoms with Crippen LogP contribution in [0.2, 0.25) is 0 Å². The number of hydrogen-bond acceptors (Lipinski definition) is 3. The Balaban J connectivity index is 1.81. The van der Waals surface area contributed by atoms with Gasteiger partial charge in [-0.15, -0.1) is 0 Å². The van der Waals surface area contributed by atoms with Gasteiger partial charge in [0.2, 0.25) is 0 Å². The molecule has 3 heteroatoms. The molecular formula is C26H34O3. The van der Waals surface area contributed by atoms with Gasteiger partial charge in [-0.1, -0.05) is 49.7 Å². The third-order valence-corrected chi connectivity index (χ3v) is 6.94. The van der Waals surface area contributed by atoms with Gasteiger partial charge >= 0.3 is 0 Å². The maximum Gasteiger partial charge on any atom is 0.164 e. The van der Waals surface area contributed by atoms with Gasteiger partial charge in [0.05, 0.1) is 19.8 Å². The second kappa shape index (κ2) is 8.39. The van der Waals surface area contributed by atoms with Crippen LogP contribution in [-0.4, -0.2) is 24.9 Å². The molecule has 29 heavy (non-hydrogen) atoms. The van der Waals surface area contributed by atoms with Gasteiger partial charge in [0.15, 0.2) is 11.5 Å². The van der Waals surface area contributed by atoms with Crippen LogP contribution in [0.4, 0.5) is 0 Å². The summed E-state index contributed by atoms with van der Waals surface area (Å²) in [6, 6.07) is 11.2. The molecule has 0 radical (unpaired) electrons. The van der Waals surface area contributed by atoms with Gasteiger partial charge in [-0.3, -0.25) is 0 Å². The summed E-state index contributed by atoms with van der Waals surface area (Å²) in [5.74, 6) is 2.85. The van der Waals surface area contributed by atoms with E-state index in [0.29, 0.717) is 5.92 Å². The molecule has 0 amide bonds. The number of aliphatic hydroxyl groups excluding tert-OH is 1. The lowest BCUT2D eigenvalue weighted by atomic mass is 9.70. The monoisotopic (exact) mass is 394 g/mol. The fraction of sp³-hybridized carbons (Fsp3) is 0.538. The second-order valence-electron chi connectivity index (χ2n) is 9.19. The van der Waals surface area contributed by atoms with E-state index in [2.05, 4.69) is 51.1 Å².